The lowest BCUT2D eigenvalue weighted by atomic mass is 10.1. The van der Waals surface area contributed by atoms with Gasteiger partial charge in [-0.3, -0.25) is 14.7 Å². The normalized spacial score (nSPS) is 11.5. The largest absolute Gasteiger partial charge is 0.347 e. The van der Waals surface area contributed by atoms with Gasteiger partial charge in [0.05, 0.1) is 10.3 Å². The van der Waals surface area contributed by atoms with Gasteiger partial charge in [0.15, 0.2) is 5.82 Å². The maximum absolute atomic E-state index is 12.3. The molecule has 0 bridgehead atoms. The summed E-state index contributed by atoms with van der Waals surface area (Å²) in [6.07, 6.45) is 0. The van der Waals surface area contributed by atoms with Crippen molar-refractivity contribution in [2.24, 2.45) is 0 Å². The zero-order valence-electron chi connectivity index (χ0n) is 13.6. The molecule has 0 radical (unpaired) electrons. The van der Waals surface area contributed by atoms with Crippen LogP contribution in [0.3, 0.4) is 0 Å². The zero-order valence-corrected chi connectivity index (χ0v) is 14.5. The number of hydrogen-bond acceptors (Lipinski definition) is 4. The minimum absolute atomic E-state index is 0.141. The van der Waals surface area contributed by atoms with E-state index in [0.29, 0.717) is 16.3 Å². The van der Waals surface area contributed by atoms with E-state index in [9.17, 15) is 9.59 Å². The average molecular weight is 342 g/mol. The van der Waals surface area contributed by atoms with Gasteiger partial charge in [0.1, 0.15) is 4.83 Å². The molecule has 3 aromatic rings. The zero-order chi connectivity index (χ0) is 17.3. The molecular formula is C17H18N4O2S. The topological polar surface area (TPSA) is 86.9 Å². The highest BCUT2D eigenvalue weighted by atomic mass is 32.1. The molecule has 2 aromatic heterocycles. The van der Waals surface area contributed by atoms with Crippen LogP contribution in [0.4, 0.5) is 5.82 Å². The first-order valence-electron chi connectivity index (χ1n) is 7.50. The summed E-state index contributed by atoms with van der Waals surface area (Å²) in [5.74, 6) is 0.0400. The van der Waals surface area contributed by atoms with E-state index in [4.69, 9.17) is 0 Å². The van der Waals surface area contributed by atoms with E-state index in [2.05, 4.69) is 20.8 Å². The predicted molar refractivity (Wildman–Crippen MR) is 95.6 cm³/mol. The third-order valence-corrected chi connectivity index (χ3v) is 4.28. The Labute approximate surface area is 143 Å². The number of amides is 2. The van der Waals surface area contributed by atoms with Crippen LogP contribution in [0.2, 0.25) is 0 Å². The second-order valence-electron chi connectivity index (χ2n) is 6.45. The van der Waals surface area contributed by atoms with Crippen molar-refractivity contribution in [2.45, 2.75) is 26.3 Å². The highest BCUT2D eigenvalue weighted by Gasteiger charge is 2.20. The lowest BCUT2D eigenvalue weighted by Gasteiger charge is -2.19. The number of thiophene rings is 1. The van der Waals surface area contributed by atoms with E-state index in [1.807, 2.05) is 26.8 Å². The molecule has 3 N–H and O–H groups in total. The lowest BCUT2D eigenvalue weighted by Crippen LogP contribution is -2.40. The molecule has 0 fully saturated rings. The van der Waals surface area contributed by atoms with Crippen LogP contribution in [0.15, 0.2) is 36.4 Å². The van der Waals surface area contributed by atoms with E-state index >= 15 is 0 Å². The summed E-state index contributed by atoms with van der Waals surface area (Å²) in [7, 11) is 0. The number of hydrogen-bond donors (Lipinski definition) is 3. The van der Waals surface area contributed by atoms with Crippen molar-refractivity contribution >= 4 is 39.2 Å². The van der Waals surface area contributed by atoms with Gasteiger partial charge in [-0.1, -0.05) is 18.2 Å². The number of carbonyl (C=O) groups is 2. The molecule has 0 spiro atoms. The van der Waals surface area contributed by atoms with Gasteiger partial charge in [0.2, 0.25) is 0 Å². The molecule has 0 atom stereocenters. The van der Waals surface area contributed by atoms with Crippen LogP contribution >= 0.6 is 11.3 Å². The highest BCUT2D eigenvalue weighted by Crippen LogP contribution is 2.29. The molecule has 124 valence electrons. The fourth-order valence-corrected chi connectivity index (χ4v) is 3.09. The number of fused-ring (bicyclic) bond motifs is 1. The second-order valence-corrected chi connectivity index (χ2v) is 7.50. The summed E-state index contributed by atoms with van der Waals surface area (Å²) in [4.78, 5) is 25.8. The highest BCUT2D eigenvalue weighted by molar-refractivity contribution is 7.20. The van der Waals surface area contributed by atoms with Crippen molar-refractivity contribution in [1.29, 1.82) is 0 Å². The van der Waals surface area contributed by atoms with Crippen molar-refractivity contribution < 1.29 is 9.59 Å². The van der Waals surface area contributed by atoms with Crippen LogP contribution in [-0.4, -0.2) is 27.6 Å². The number of benzene rings is 1. The van der Waals surface area contributed by atoms with E-state index in [1.165, 1.54) is 11.3 Å². The number of rotatable bonds is 3. The standard InChI is InChI=1S/C17H18N4O2S/c1-17(2,3)19-15(23)12-9-11-13(20-21-16(11)24-12)18-14(22)10-7-5-4-6-8-10/h4-9H,1-3H3,(H,19,23)(H2,18,20,21,22). The summed E-state index contributed by atoms with van der Waals surface area (Å²) >= 11 is 1.31. The molecule has 0 saturated carbocycles. The van der Waals surface area contributed by atoms with Crippen molar-refractivity contribution in [3.63, 3.8) is 0 Å². The summed E-state index contributed by atoms with van der Waals surface area (Å²) < 4.78 is 0. The quantitative estimate of drug-likeness (QED) is 0.682. The Morgan fingerprint density at radius 1 is 1.12 bits per heavy atom. The molecular weight excluding hydrogens is 324 g/mol. The predicted octanol–water partition coefficient (Wildman–Crippen LogP) is 3.41. The Bertz CT molecular complexity index is 890. The number of aromatic nitrogens is 2. The molecule has 0 aliphatic heterocycles. The number of nitrogens with one attached hydrogen (secondary N) is 3. The molecule has 24 heavy (non-hydrogen) atoms. The molecule has 0 unspecified atom stereocenters. The lowest BCUT2D eigenvalue weighted by molar-refractivity contribution is 0.0923. The summed E-state index contributed by atoms with van der Waals surface area (Å²) in [6, 6.07) is 10.7. The van der Waals surface area contributed by atoms with E-state index < -0.39 is 0 Å². The van der Waals surface area contributed by atoms with Crippen molar-refractivity contribution in [3.05, 3.63) is 46.8 Å². The number of anilines is 1. The third-order valence-electron chi connectivity index (χ3n) is 3.24. The molecule has 6 nitrogen and oxygen atoms in total. The monoisotopic (exact) mass is 342 g/mol. The average Bonchev–Trinajstić information content (AvgIpc) is 3.08. The van der Waals surface area contributed by atoms with Gasteiger partial charge in [-0.15, -0.1) is 11.3 Å². The summed E-state index contributed by atoms with van der Waals surface area (Å²) in [5, 5.41) is 13.4. The maximum atomic E-state index is 12.3. The number of H-pyrrole nitrogens is 1. The van der Waals surface area contributed by atoms with Crippen molar-refractivity contribution in [1.82, 2.24) is 15.5 Å². The Kier molecular flexibility index (Phi) is 4.11. The van der Waals surface area contributed by atoms with Gasteiger partial charge in [-0.05, 0) is 39.0 Å². The number of nitrogens with zero attached hydrogens (tertiary/aromatic N) is 1. The van der Waals surface area contributed by atoms with Crippen LogP contribution in [-0.2, 0) is 0 Å². The molecule has 1 aromatic carbocycles. The molecule has 0 saturated heterocycles. The molecule has 0 aliphatic rings. The third kappa shape index (κ3) is 3.46. The first-order chi connectivity index (χ1) is 11.3. The van der Waals surface area contributed by atoms with Crippen LogP contribution in [0.1, 0.15) is 40.8 Å². The fraction of sp³-hybridized carbons (Fsp3) is 0.235. The minimum Gasteiger partial charge on any atom is -0.347 e. The van der Waals surface area contributed by atoms with Crippen LogP contribution in [0.5, 0.6) is 0 Å². The Morgan fingerprint density at radius 2 is 1.83 bits per heavy atom. The fourth-order valence-electron chi connectivity index (χ4n) is 2.20. The van der Waals surface area contributed by atoms with Gasteiger partial charge >= 0.3 is 0 Å². The smallest absolute Gasteiger partial charge is 0.261 e. The van der Waals surface area contributed by atoms with E-state index in [0.717, 1.165) is 10.2 Å². The van der Waals surface area contributed by atoms with Gasteiger partial charge < -0.3 is 10.6 Å². The van der Waals surface area contributed by atoms with Gasteiger partial charge in [-0.25, -0.2) is 0 Å². The molecule has 2 amide bonds. The van der Waals surface area contributed by atoms with Crippen molar-refractivity contribution in [3.8, 4) is 0 Å². The van der Waals surface area contributed by atoms with Gasteiger partial charge in [0, 0.05) is 11.1 Å². The van der Waals surface area contributed by atoms with Gasteiger partial charge in [-0.2, -0.15) is 5.10 Å². The Balaban J connectivity index is 1.83. The first-order valence-corrected chi connectivity index (χ1v) is 8.32. The molecule has 7 heteroatoms. The van der Waals surface area contributed by atoms with E-state index in [1.54, 1.807) is 30.3 Å². The number of carbonyl (C=O) groups excluding carboxylic acids is 2. The summed E-state index contributed by atoms with van der Waals surface area (Å²) in [5.41, 5.74) is 0.242. The molecule has 3 rings (SSSR count). The minimum atomic E-state index is -0.308. The van der Waals surface area contributed by atoms with Crippen molar-refractivity contribution in [2.75, 3.05) is 5.32 Å². The molecule has 2 heterocycles. The SMILES string of the molecule is CC(C)(C)NC(=O)c1cc2c(NC(=O)c3ccccc3)n[nH]c2s1. The summed E-state index contributed by atoms with van der Waals surface area (Å²) in [6.45, 7) is 5.78. The van der Waals surface area contributed by atoms with Crippen LogP contribution in [0.25, 0.3) is 10.2 Å². The van der Waals surface area contributed by atoms with Gasteiger partial charge in [0.25, 0.3) is 11.8 Å². The maximum Gasteiger partial charge on any atom is 0.261 e. The Morgan fingerprint density at radius 3 is 2.50 bits per heavy atom. The van der Waals surface area contributed by atoms with Crippen LogP contribution in [0, 0.1) is 0 Å². The van der Waals surface area contributed by atoms with Crippen LogP contribution < -0.4 is 10.6 Å². The second kappa shape index (κ2) is 6.09. The Hall–Kier alpha value is -2.67. The molecule has 0 aliphatic carbocycles. The van der Waals surface area contributed by atoms with E-state index in [-0.39, 0.29) is 17.4 Å². The number of aromatic amines is 1. The first kappa shape index (κ1) is 16.2.